The van der Waals surface area contributed by atoms with E-state index in [1.807, 2.05) is 0 Å². The average molecular weight is 340 g/mol. The SMILES string of the molecule is Cc1cc(C(F)(F)F)ccc1CNC(C(N)=O)c1ccc(F)cc1. The van der Waals surface area contributed by atoms with E-state index in [9.17, 15) is 22.4 Å². The standard InChI is InChI=1S/C17H16F4N2O/c1-10-8-13(17(19,20)21)5-2-12(10)9-23-15(16(22)24)11-3-6-14(18)7-4-11/h2-8,15,23H,9H2,1H3,(H2,22,24). The fourth-order valence-corrected chi connectivity index (χ4v) is 2.32. The summed E-state index contributed by atoms with van der Waals surface area (Å²) < 4.78 is 51.0. The Morgan fingerprint density at radius 1 is 1.17 bits per heavy atom. The zero-order valence-electron chi connectivity index (χ0n) is 12.8. The second kappa shape index (κ2) is 7.00. The van der Waals surface area contributed by atoms with E-state index in [2.05, 4.69) is 5.32 Å². The van der Waals surface area contributed by atoms with Crippen molar-refractivity contribution in [2.45, 2.75) is 25.7 Å². The van der Waals surface area contributed by atoms with Crippen molar-refractivity contribution in [1.82, 2.24) is 5.32 Å². The minimum absolute atomic E-state index is 0.148. The predicted molar refractivity (Wildman–Crippen MR) is 81.4 cm³/mol. The number of rotatable bonds is 5. The summed E-state index contributed by atoms with van der Waals surface area (Å²) in [7, 11) is 0. The van der Waals surface area contributed by atoms with Gasteiger partial charge in [0.15, 0.2) is 0 Å². The third-order valence-electron chi connectivity index (χ3n) is 3.65. The summed E-state index contributed by atoms with van der Waals surface area (Å²) in [4.78, 5) is 11.6. The molecule has 0 aliphatic heterocycles. The van der Waals surface area contributed by atoms with Crippen LogP contribution in [-0.4, -0.2) is 5.91 Å². The molecule has 0 bridgehead atoms. The largest absolute Gasteiger partial charge is 0.416 e. The summed E-state index contributed by atoms with van der Waals surface area (Å²) in [6.07, 6.45) is -4.40. The van der Waals surface area contributed by atoms with Gasteiger partial charge in [-0.1, -0.05) is 18.2 Å². The minimum atomic E-state index is -4.40. The maximum absolute atomic E-state index is 13.0. The Balaban J connectivity index is 2.15. The zero-order valence-corrected chi connectivity index (χ0v) is 12.8. The number of carbonyl (C=O) groups is 1. The molecule has 2 rings (SSSR count). The first kappa shape index (κ1) is 17.9. The fourth-order valence-electron chi connectivity index (χ4n) is 2.32. The minimum Gasteiger partial charge on any atom is -0.368 e. The van der Waals surface area contributed by atoms with Gasteiger partial charge < -0.3 is 5.73 Å². The van der Waals surface area contributed by atoms with E-state index >= 15 is 0 Å². The maximum Gasteiger partial charge on any atom is 0.416 e. The molecule has 3 N–H and O–H groups in total. The lowest BCUT2D eigenvalue weighted by atomic mass is 10.0. The molecular weight excluding hydrogens is 324 g/mol. The number of aryl methyl sites for hydroxylation is 1. The lowest BCUT2D eigenvalue weighted by Gasteiger charge is -2.17. The van der Waals surface area contributed by atoms with E-state index < -0.39 is 29.5 Å². The van der Waals surface area contributed by atoms with Crippen LogP contribution in [0.15, 0.2) is 42.5 Å². The first-order chi connectivity index (χ1) is 11.2. The number of primary amides is 1. The number of nitrogens with two attached hydrogens (primary N) is 1. The first-order valence-corrected chi connectivity index (χ1v) is 7.13. The van der Waals surface area contributed by atoms with Gasteiger partial charge in [-0.3, -0.25) is 10.1 Å². The van der Waals surface area contributed by atoms with E-state index in [-0.39, 0.29) is 6.54 Å². The van der Waals surface area contributed by atoms with Crippen molar-refractivity contribution < 1.29 is 22.4 Å². The molecule has 2 aromatic rings. The van der Waals surface area contributed by atoms with Gasteiger partial charge >= 0.3 is 6.18 Å². The van der Waals surface area contributed by atoms with Gasteiger partial charge in [0, 0.05) is 6.54 Å². The lowest BCUT2D eigenvalue weighted by Crippen LogP contribution is -2.33. The third-order valence-corrected chi connectivity index (χ3v) is 3.65. The van der Waals surface area contributed by atoms with Crippen LogP contribution in [0.1, 0.15) is 28.3 Å². The molecule has 0 radical (unpaired) electrons. The van der Waals surface area contributed by atoms with Gasteiger partial charge in [-0.2, -0.15) is 13.2 Å². The van der Waals surface area contributed by atoms with Crippen molar-refractivity contribution in [1.29, 1.82) is 0 Å². The maximum atomic E-state index is 13.0. The molecule has 7 heteroatoms. The highest BCUT2D eigenvalue weighted by atomic mass is 19.4. The summed E-state index contributed by atoms with van der Waals surface area (Å²) in [6, 6.07) is 7.79. The van der Waals surface area contributed by atoms with Crippen molar-refractivity contribution in [3.05, 3.63) is 70.5 Å². The van der Waals surface area contributed by atoms with Gasteiger partial charge in [-0.15, -0.1) is 0 Å². The van der Waals surface area contributed by atoms with Crippen LogP contribution in [0.3, 0.4) is 0 Å². The molecule has 128 valence electrons. The molecule has 2 aromatic carbocycles. The Bertz CT molecular complexity index is 726. The monoisotopic (exact) mass is 340 g/mol. The number of halogens is 4. The number of hydrogen-bond acceptors (Lipinski definition) is 2. The Kier molecular flexibility index (Phi) is 5.23. The van der Waals surface area contributed by atoms with Crippen molar-refractivity contribution in [2.75, 3.05) is 0 Å². The van der Waals surface area contributed by atoms with E-state index in [4.69, 9.17) is 5.73 Å². The van der Waals surface area contributed by atoms with Crippen molar-refractivity contribution in [2.24, 2.45) is 5.73 Å². The predicted octanol–water partition coefficient (Wildman–Crippen LogP) is 3.47. The van der Waals surface area contributed by atoms with Crippen LogP contribution >= 0.6 is 0 Å². The summed E-state index contributed by atoms with van der Waals surface area (Å²) in [5, 5.41) is 2.89. The van der Waals surface area contributed by atoms with E-state index in [1.54, 1.807) is 6.92 Å². The summed E-state index contributed by atoms with van der Waals surface area (Å²) in [5.41, 5.74) is 6.15. The van der Waals surface area contributed by atoms with Gasteiger partial charge in [0.2, 0.25) is 5.91 Å². The van der Waals surface area contributed by atoms with Crippen LogP contribution in [0.4, 0.5) is 17.6 Å². The van der Waals surface area contributed by atoms with Gasteiger partial charge in [0.25, 0.3) is 0 Å². The van der Waals surface area contributed by atoms with Crippen molar-refractivity contribution >= 4 is 5.91 Å². The highest BCUT2D eigenvalue weighted by molar-refractivity contribution is 5.81. The Labute approximate surface area is 136 Å². The number of hydrogen-bond donors (Lipinski definition) is 2. The van der Waals surface area contributed by atoms with E-state index in [0.29, 0.717) is 16.7 Å². The molecule has 0 aromatic heterocycles. The molecule has 0 aliphatic rings. The zero-order chi connectivity index (χ0) is 17.9. The number of carbonyl (C=O) groups excluding carboxylic acids is 1. The van der Waals surface area contributed by atoms with Gasteiger partial charge in [-0.25, -0.2) is 4.39 Å². The van der Waals surface area contributed by atoms with Crippen LogP contribution in [-0.2, 0) is 17.5 Å². The van der Waals surface area contributed by atoms with Crippen LogP contribution < -0.4 is 11.1 Å². The molecule has 24 heavy (non-hydrogen) atoms. The van der Waals surface area contributed by atoms with Gasteiger partial charge in [-0.05, 0) is 47.9 Å². The van der Waals surface area contributed by atoms with Gasteiger partial charge in [0.1, 0.15) is 11.9 Å². The molecule has 3 nitrogen and oxygen atoms in total. The quantitative estimate of drug-likeness (QED) is 0.819. The Morgan fingerprint density at radius 3 is 2.29 bits per heavy atom. The highest BCUT2D eigenvalue weighted by Gasteiger charge is 2.30. The van der Waals surface area contributed by atoms with Crippen LogP contribution in [0.5, 0.6) is 0 Å². The Morgan fingerprint density at radius 2 is 1.79 bits per heavy atom. The second-order valence-electron chi connectivity index (χ2n) is 5.41. The van der Waals surface area contributed by atoms with E-state index in [1.165, 1.54) is 30.3 Å². The van der Waals surface area contributed by atoms with Crippen molar-refractivity contribution in [3.8, 4) is 0 Å². The first-order valence-electron chi connectivity index (χ1n) is 7.13. The van der Waals surface area contributed by atoms with E-state index in [0.717, 1.165) is 12.1 Å². The lowest BCUT2D eigenvalue weighted by molar-refractivity contribution is -0.137. The molecule has 1 amide bonds. The topological polar surface area (TPSA) is 55.1 Å². The van der Waals surface area contributed by atoms with Crippen LogP contribution in [0, 0.1) is 12.7 Å². The summed E-state index contributed by atoms with van der Waals surface area (Å²) in [5.74, 6) is -1.10. The highest BCUT2D eigenvalue weighted by Crippen LogP contribution is 2.30. The molecule has 1 atom stereocenters. The second-order valence-corrected chi connectivity index (χ2v) is 5.41. The normalized spacial score (nSPS) is 12.9. The molecule has 0 aliphatic carbocycles. The molecule has 0 saturated heterocycles. The van der Waals surface area contributed by atoms with Crippen LogP contribution in [0.2, 0.25) is 0 Å². The third kappa shape index (κ3) is 4.32. The number of alkyl halides is 3. The molecule has 0 fully saturated rings. The number of amides is 1. The van der Waals surface area contributed by atoms with Crippen LogP contribution in [0.25, 0.3) is 0 Å². The smallest absolute Gasteiger partial charge is 0.368 e. The molecule has 0 spiro atoms. The number of nitrogens with one attached hydrogen (secondary N) is 1. The van der Waals surface area contributed by atoms with Gasteiger partial charge in [0.05, 0.1) is 5.56 Å². The summed E-state index contributed by atoms with van der Waals surface area (Å²) in [6.45, 7) is 1.71. The molecule has 0 heterocycles. The number of benzene rings is 2. The van der Waals surface area contributed by atoms with Crippen molar-refractivity contribution in [3.63, 3.8) is 0 Å². The fraction of sp³-hybridized carbons (Fsp3) is 0.235. The Hall–Kier alpha value is -2.41. The average Bonchev–Trinajstić information content (AvgIpc) is 2.49. The molecule has 0 saturated carbocycles. The summed E-state index contributed by atoms with van der Waals surface area (Å²) >= 11 is 0. The molecule has 1 unspecified atom stereocenters. The molecular formula is C17H16F4N2O.